The number of hydrogen-bond acceptors (Lipinski definition) is 2. The lowest BCUT2D eigenvalue weighted by Gasteiger charge is -2.45. The number of fused-ring (bicyclic) bond motifs is 9. The first-order valence-corrected chi connectivity index (χ1v) is 47.8. The maximum Gasteiger partial charge on any atom is 0.127 e. The lowest BCUT2D eigenvalue weighted by molar-refractivity contribution is 0.482. The number of rotatable bonds is 17. The van der Waals surface area contributed by atoms with E-state index < -0.39 is 0 Å². The quantitative estimate of drug-likeness (QED) is 0.0664. The van der Waals surface area contributed by atoms with Crippen molar-refractivity contribution in [3.8, 4) is 22.6 Å². The normalized spacial score (nSPS) is 12.9. The van der Waals surface area contributed by atoms with Gasteiger partial charge in [0.15, 0.2) is 0 Å². The molecule has 0 amide bonds. The summed E-state index contributed by atoms with van der Waals surface area (Å²) in [6, 6.07) is 158. The lowest BCUT2D eigenvalue weighted by atomic mass is 9.58. The molecular formula is C128H124OS. The van der Waals surface area contributed by atoms with E-state index in [1.165, 1.54) is 158 Å². The van der Waals surface area contributed by atoms with Gasteiger partial charge in [0.1, 0.15) is 11.5 Å². The Labute approximate surface area is 779 Å². The Morgan fingerprint density at radius 1 is 0.262 bits per heavy atom. The standard InChI is InChI=1S/C20H16.C18H16.C17H20.C16H14.C15H16.C14H14O.C14H14S.C14H14/c1-2-14-11-12-19-17-9-4-3-7-15(17)16-8-5-6-10-18(16)20(19)13-14;1-2-18-12-11-13(14-7-3-5-9-16(14)18)15-8-4-6-10-17(15)18;1-4-14-10-12-16(13-11-14)17(2,3)15-8-6-5-7-9-15;1-2-12-7-5-9-16-14-8-4-3-6-13(14)10-11-15(12)16;1-2-13-8-10-15(11-9-13)12-14-6-4-3-5-7-14;2*1-2-12-8-10-14(11-9-12)15-13-6-4-3-5-7-13;1-2-12-8-10-14(11-9-12)13-6-4-3-5-7-13/h3-13H,2H2,1H3;3-13H,2H2,1H3;5-13H,4H2,1-3H3;3-11H,2H2,1H3;3-11H,2,12H2,1H3;2*3-11H,2H2,1H3;3-11H,2H2,1H3. The highest BCUT2D eigenvalue weighted by Gasteiger charge is 2.43. The van der Waals surface area contributed by atoms with E-state index in [1.54, 1.807) is 11.8 Å². The van der Waals surface area contributed by atoms with E-state index >= 15 is 0 Å². The molecule has 0 unspecified atom stereocenters. The average Bonchev–Trinajstić information content (AvgIpc) is 0.703. The van der Waals surface area contributed by atoms with E-state index in [2.05, 4.69) is 470 Å². The molecule has 1 nitrogen and oxygen atoms in total. The van der Waals surface area contributed by atoms with Crippen LogP contribution < -0.4 is 4.74 Å². The van der Waals surface area contributed by atoms with Crippen molar-refractivity contribution in [3.63, 3.8) is 0 Å². The van der Waals surface area contributed by atoms with Crippen molar-refractivity contribution in [3.05, 3.63) is 538 Å². The molecule has 0 spiro atoms. The first-order chi connectivity index (χ1) is 63.8. The minimum Gasteiger partial charge on any atom is -0.457 e. The van der Waals surface area contributed by atoms with Crippen molar-refractivity contribution in [2.24, 2.45) is 0 Å². The summed E-state index contributed by atoms with van der Waals surface area (Å²) in [4.78, 5) is 2.60. The summed E-state index contributed by atoms with van der Waals surface area (Å²) in [6.07, 6.45) is 14.7. The topological polar surface area (TPSA) is 9.23 Å². The van der Waals surface area contributed by atoms with Crippen molar-refractivity contribution >= 4 is 65.6 Å². The van der Waals surface area contributed by atoms with Crippen LogP contribution >= 0.6 is 11.8 Å². The Morgan fingerprint density at radius 2 is 0.623 bits per heavy atom. The minimum atomic E-state index is 0.0769. The molecule has 0 saturated heterocycles. The highest BCUT2D eigenvalue weighted by Crippen LogP contribution is 2.54. The molecule has 0 heterocycles. The SMILES string of the molecule is CCC12C=CC(c3ccccc31)c1ccccc12.CCc1ccc(-c2ccccc2)cc1.CCc1ccc(C(C)(C)c2ccccc2)cc1.CCc1ccc(Cc2ccccc2)cc1.CCc1ccc(Oc2ccccc2)cc1.CCc1ccc(Sc2ccccc2)cc1.CCc1ccc2c3ccccc3c3ccccc3c2c1.CCc1cccc2c1ccc1ccccc12. The van der Waals surface area contributed by atoms with Gasteiger partial charge in [0.2, 0.25) is 0 Å². The third-order valence-corrected chi connectivity index (χ3v) is 26.5. The molecule has 0 saturated carbocycles. The van der Waals surface area contributed by atoms with Crippen LogP contribution in [0, 0.1) is 0 Å². The van der Waals surface area contributed by atoms with Crippen molar-refractivity contribution < 1.29 is 4.74 Å². The zero-order valence-electron chi connectivity index (χ0n) is 77.6. The summed E-state index contributed by atoms with van der Waals surface area (Å²) in [5, 5.41) is 13.6. The van der Waals surface area contributed by atoms with Crippen LogP contribution in [-0.4, -0.2) is 0 Å². The molecule has 2 heteroatoms. The van der Waals surface area contributed by atoms with Crippen LogP contribution in [0.2, 0.25) is 0 Å². The number of hydrogen-bond donors (Lipinski definition) is 0. The lowest BCUT2D eigenvalue weighted by Crippen LogP contribution is -2.35. The summed E-state index contributed by atoms with van der Waals surface area (Å²) in [5.74, 6) is 2.23. The summed E-state index contributed by atoms with van der Waals surface area (Å²) < 4.78 is 5.68. The van der Waals surface area contributed by atoms with Crippen LogP contribution in [0.25, 0.3) is 65.0 Å². The molecule has 0 radical (unpaired) electrons. The Balaban J connectivity index is 0.000000120. The van der Waals surface area contributed by atoms with E-state index in [1.807, 2.05) is 54.6 Å². The van der Waals surface area contributed by atoms with Crippen LogP contribution in [0.15, 0.2) is 465 Å². The third-order valence-electron chi connectivity index (χ3n) is 25.5. The molecule has 3 aliphatic rings. The smallest absolute Gasteiger partial charge is 0.127 e. The second-order valence-corrected chi connectivity index (χ2v) is 35.1. The van der Waals surface area contributed by atoms with E-state index in [4.69, 9.17) is 4.74 Å². The average molecular weight is 1710 g/mol. The number of aryl methyl sites for hydroxylation is 7. The van der Waals surface area contributed by atoms with Gasteiger partial charge in [-0.1, -0.05) is 487 Å². The predicted octanol–water partition coefficient (Wildman–Crippen LogP) is 35.4. The highest BCUT2D eigenvalue weighted by atomic mass is 32.2. The Bertz CT molecular complexity index is 6450. The first kappa shape index (κ1) is 92.5. The van der Waals surface area contributed by atoms with Crippen molar-refractivity contribution in [2.75, 3.05) is 0 Å². The van der Waals surface area contributed by atoms with Crippen LogP contribution in [-0.2, 0) is 62.2 Å². The zero-order valence-corrected chi connectivity index (χ0v) is 78.4. The summed E-state index contributed by atoms with van der Waals surface area (Å²) >= 11 is 1.81. The van der Waals surface area contributed by atoms with Gasteiger partial charge in [-0.25, -0.2) is 0 Å². The van der Waals surface area contributed by atoms with E-state index in [0.29, 0.717) is 5.92 Å². The molecule has 19 aromatic rings. The molecule has 22 rings (SSSR count). The van der Waals surface area contributed by atoms with Crippen LogP contribution in [0.3, 0.4) is 0 Å². The largest absolute Gasteiger partial charge is 0.457 e. The minimum absolute atomic E-state index is 0.0769. The third kappa shape index (κ3) is 23.5. The Morgan fingerprint density at radius 3 is 1.15 bits per heavy atom. The van der Waals surface area contributed by atoms with Gasteiger partial charge in [-0.2, -0.15) is 0 Å². The molecule has 0 fully saturated rings. The van der Waals surface area contributed by atoms with E-state index in [-0.39, 0.29) is 10.8 Å². The fourth-order valence-electron chi connectivity index (χ4n) is 17.7. The Kier molecular flexibility index (Phi) is 33.0. The van der Waals surface area contributed by atoms with Gasteiger partial charge >= 0.3 is 0 Å². The molecule has 648 valence electrons. The number of para-hydroxylation sites is 1. The maximum atomic E-state index is 5.68. The molecule has 0 N–H and O–H groups in total. The number of benzene rings is 19. The van der Waals surface area contributed by atoms with Crippen molar-refractivity contribution in [1.29, 1.82) is 0 Å². The van der Waals surface area contributed by atoms with E-state index in [0.717, 1.165) is 69.3 Å². The van der Waals surface area contributed by atoms with Crippen molar-refractivity contribution in [1.82, 2.24) is 0 Å². The van der Waals surface area contributed by atoms with Crippen LogP contribution in [0.1, 0.15) is 165 Å². The summed E-state index contributed by atoms with van der Waals surface area (Å²) in [6.45, 7) is 22.2. The van der Waals surface area contributed by atoms with Crippen LogP contribution in [0.4, 0.5) is 0 Å². The fraction of sp³-hybridized carbons (Fsp3) is 0.172. The molecule has 19 aromatic carbocycles. The molecule has 2 bridgehead atoms. The van der Waals surface area contributed by atoms with E-state index in [9.17, 15) is 0 Å². The summed E-state index contributed by atoms with van der Waals surface area (Å²) in [5.41, 5.74) is 24.1. The molecule has 130 heavy (non-hydrogen) atoms. The second kappa shape index (κ2) is 46.4. The fourth-order valence-corrected chi connectivity index (χ4v) is 18.5. The van der Waals surface area contributed by atoms with Gasteiger partial charge in [-0.05, 0) is 255 Å². The molecule has 3 aliphatic carbocycles. The monoisotopic (exact) mass is 1710 g/mol. The van der Waals surface area contributed by atoms with Gasteiger partial charge in [0.25, 0.3) is 0 Å². The molecule has 0 aromatic heterocycles. The van der Waals surface area contributed by atoms with Gasteiger partial charge in [-0.15, -0.1) is 0 Å². The molecule has 0 atom stereocenters. The van der Waals surface area contributed by atoms with Crippen molar-refractivity contribution in [2.45, 2.75) is 154 Å². The number of ether oxygens (including phenoxy) is 1. The van der Waals surface area contributed by atoms with Crippen LogP contribution in [0.5, 0.6) is 11.5 Å². The predicted molar refractivity (Wildman–Crippen MR) is 564 cm³/mol. The zero-order chi connectivity index (χ0) is 90.3. The highest BCUT2D eigenvalue weighted by molar-refractivity contribution is 7.99. The first-order valence-electron chi connectivity index (χ1n) is 47.0. The number of allylic oxidation sites excluding steroid dienone is 2. The molecular weight excluding hydrogens is 1590 g/mol. The van der Waals surface area contributed by atoms with Gasteiger partial charge in [0.05, 0.1) is 0 Å². The Hall–Kier alpha value is -13.6. The second-order valence-electron chi connectivity index (χ2n) is 33.9. The maximum absolute atomic E-state index is 5.68. The van der Waals surface area contributed by atoms with Gasteiger partial charge in [0, 0.05) is 26.5 Å². The van der Waals surface area contributed by atoms with Gasteiger partial charge < -0.3 is 4.74 Å². The molecule has 0 aliphatic heterocycles. The summed E-state index contributed by atoms with van der Waals surface area (Å²) in [7, 11) is 0. The van der Waals surface area contributed by atoms with Gasteiger partial charge in [-0.3, -0.25) is 0 Å².